The van der Waals surface area contributed by atoms with Crippen LogP contribution in [0.3, 0.4) is 0 Å². The van der Waals surface area contributed by atoms with Gasteiger partial charge in [-0.15, -0.1) is 11.3 Å². The Balaban J connectivity index is 1.54. The van der Waals surface area contributed by atoms with Crippen LogP contribution in [0, 0.1) is 16.0 Å². The number of carbonyl (C=O) groups excluding carboxylic acids is 1. The van der Waals surface area contributed by atoms with E-state index in [0.29, 0.717) is 21.7 Å². The summed E-state index contributed by atoms with van der Waals surface area (Å²) in [7, 11) is 0. The van der Waals surface area contributed by atoms with Gasteiger partial charge >= 0.3 is 5.69 Å². The highest BCUT2D eigenvalue weighted by atomic mass is 32.1. The minimum atomic E-state index is -0.858. The number of hydrazone groups is 1. The van der Waals surface area contributed by atoms with E-state index >= 15 is 0 Å². The van der Waals surface area contributed by atoms with Crippen LogP contribution in [0.15, 0.2) is 34.4 Å². The molecule has 0 saturated heterocycles. The average molecular weight is 455 g/mol. The normalized spacial score (nSPS) is 16.8. The zero-order valence-corrected chi connectivity index (χ0v) is 18.3. The third-order valence-corrected chi connectivity index (χ3v) is 6.78. The molecule has 0 radical (unpaired) electrons. The number of phenols is 1. The number of nitrogens with zero attached hydrogens (tertiary/aromatic N) is 4. The Bertz CT molecular complexity index is 1310. The first-order valence-corrected chi connectivity index (χ1v) is 10.9. The Labute approximate surface area is 186 Å². The predicted octanol–water partition coefficient (Wildman–Crippen LogP) is 2.91. The molecule has 0 spiro atoms. The van der Waals surface area contributed by atoms with Crippen LogP contribution in [0.5, 0.6) is 5.75 Å². The van der Waals surface area contributed by atoms with E-state index in [2.05, 4.69) is 22.4 Å². The number of nitro benzene ring substituents is 1. The van der Waals surface area contributed by atoms with Crippen molar-refractivity contribution in [3.63, 3.8) is 0 Å². The molecule has 3 aromatic rings. The minimum absolute atomic E-state index is 0.247. The largest absolute Gasteiger partial charge is 0.502 e. The minimum Gasteiger partial charge on any atom is -0.502 e. The Morgan fingerprint density at radius 3 is 3.03 bits per heavy atom. The number of fused-ring (bicyclic) bond motifs is 3. The molecule has 4 rings (SSSR count). The van der Waals surface area contributed by atoms with Gasteiger partial charge in [0.15, 0.2) is 5.75 Å². The quantitative estimate of drug-likeness (QED) is 0.344. The maximum Gasteiger partial charge on any atom is 0.311 e. The summed E-state index contributed by atoms with van der Waals surface area (Å²) in [5.41, 5.74) is 3.00. The average Bonchev–Trinajstić information content (AvgIpc) is 3.12. The van der Waals surface area contributed by atoms with E-state index in [4.69, 9.17) is 0 Å². The molecular formula is C21H21N5O5S. The monoisotopic (exact) mass is 455 g/mol. The summed E-state index contributed by atoms with van der Waals surface area (Å²) in [5.74, 6) is -0.414. The smallest absolute Gasteiger partial charge is 0.311 e. The van der Waals surface area contributed by atoms with Gasteiger partial charge in [-0.25, -0.2) is 10.4 Å². The molecule has 1 aromatic carbocycles. The van der Waals surface area contributed by atoms with Gasteiger partial charge in [-0.3, -0.25) is 24.3 Å². The van der Waals surface area contributed by atoms with Crippen LogP contribution in [0.1, 0.15) is 42.3 Å². The Morgan fingerprint density at radius 1 is 1.50 bits per heavy atom. The number of phenolic OH excluding ortho intramolecular Hbond substituents is 1. The van der Waals surface area contributed by atoms with Gasteiger partial charge in [-0.05, 0) is 49.8 Å². The molecule has 32 heavy (non-hydrogen) atoms. The predicted molar refractivity (Wildman–Crippen MR) is 120 cm³/mol. The highest BCUT2D eigenvalue weighted by Crippen LogP contribution is 2.35. The maximum atomic E-state index is 13.1. The van der Waals surface area contributed by atoms with Crippen LogP contribution >= 0.6 is 11.3 Å². The van der Waals surface area contributed by atoms with Crippen molar-refractivity contribution >= 4 is 39.4 Å². The third kappa shape index (κ3) is 3.98. The molecule has 1 amide bonds. The summed E-state index contributed by atoms with van der Waals surface area (Å²) in [6, 6.07) is 2.87. The van der Waals surface area contributed by atoms with Crippen molar-refractivity contribution in [3.05, 3.63) is 61.0 Å². The Hall–Kier alpha value is -3.60. The zero-order chi connectivity index (χ0) is 23.0. The molecule has 0 unspecified atom stereocenters. The lowest BCUT2D eigenvalue weighted by Gasteiger charge is -2.18. The number of benzene rings is 1. The number of thiophene rings is 1. The van der Waals surface area contributed by atoms with Gasteiger partial charge in [0.1, 0.15) is 10.9 Å². The number of hydrogen-bond donors (Lipinski definition) is 2. The number of amides is 1. The summed E-state index contributed by atoms with van der Waals surface area (Å²) >= 11 is 1.55. The molecule has 1 aliphatic carbocycles. The molecule has 0 saturated carbocycles. The van der Waals surface area contributed by atoms with Gasteiger partial charge in [0, 0.05) is 16.5 Å². The van der Waals surface area contributed by atoms with Gasteiger partial charge in [-0.2, -0.15) is 5.10 Å². The first-order chi connectivity index (χ1) is 15.3. The van der Waals surface area contributed by atoms with Crippen molar-refractivity contribution in [1.82, 2.24) is 15.0 Å². The highest BCUT2D eigenvalue weighted by molar-refractivity contribution is 7.18. The van der Waals surface area contributed by atoms with Crippen molar-refractivity contribution in [2.45, 2.75) is 39.2 Å². The molecule has 10 nitrogen and oxygen atoms in total. The lowest BCUT2D eigenvalue weighted by Crippen LogP contribution is -2.34. The molecule has 2 N–H and O–H groups in total. The number of aryl methyl sites for hydroxylation is 1. The van der Waals surface area contributed by atoms with E-state index in [-0.39, 0.29) is 5.56 Å². The second-order valence-electron chi connectivity index (χ2n) is 7.90. The molecule has 1 aliphatic rings. The van der Waals surface area contributed by atoms with Gasteiger partial charge in [-0.1, -0.05) is 6.92 Å². The van der Waals surface area contributed by atoms with Gasteiger partial charge in [0.05, 0.1) is 22.9 Å². The molecule has 2 heterocycles. The lowest BCUT2D eigenvalue weighted by molar-refractivity contribution is -0.385. The van der Waals surface area contributed by atoms with E-state index in [1.165, 1.54) is 34.1 Å². The first-order valence-electron chi connectivity index (χ1n) is 10.1. The number of aromatic nitrogens is 2. The molecular weight excluding hydrogens is 434 g/mol. The van der Waals surface area contributed by atoms with E-state index < -0.39 is 28.3 Å². The zero-order valence-electron chi connectivity index (χ0n) is 17.4. The van der Waals surface area contributed by atoms with Crippen LogP contribution in [0.25, 0.3) is 10.2 Å². The first kappa shape index (κ1) is 21.6. The molecule has 0 fully saturated rings. The number of carbonyl (C=O) groups is 1. The van der Waals surface area contributed by atoms with Crippen molar-refractivity contribution < 1.29 is 14.8 Å². The van der Waals surface area contributed by atoms with Crippen molar-refractivity contribution in [1.29, 1.82) is 0 Å². The van der Waals surface area contributed by atoms with Crippen LogP contribution in [0.2, 0.25) is 0 Å². The van der Waals surface area contributed by atoms with E-state index in [9.17, 15) is 24.8 Å². The molecule has 0 aliphatic heterocycles. The SMILES string of the molecule is C[C@H]1CCc2c(sc3ncn([C@H](C)C(=O)N/N=C\c4ccc(O)c([N+](=O)[O-])c4)c(=O)c23)C1. The van der Waals surface area contributed by atoms with E-state index in [0.717, 1.165) is 30.9 Å². The third-order valence-electron chi connectivity index (χ3n) is 5.62. The molecule has 2 atom stereocenters. The summed E-state index contributed by atoms with van der Waals surface area (Å²) in [6.45, 7) is 3.77. The van der Waals surface area contributed by atoms with Crippen LogP contribution in [0.4, 0.5) is 5.69 Å². The van der Waals surface area contributed by atoms with Crippen LogP contribution in [-0.2, 0) is 17.6 Å². The maximum absolute atomic E-state index is 13.1. The van der Waals surface area contributed by atoms with Crippen molar-refractivity contribution in [2.75, 3.05) is 0 Å². The van der Waals surface area contributed by atoms with Gasteiger partial charge in [0.25, 0.3) is 11.5 Å². The van der Waals surface area contributed by atoms with E-state index in [1.54, 1.807) is 18.3 Å². The Kier molecular flexibility index (Phi) is 5.74. The number of nitro groups is 1. The standard InChI is InChI=1S/C21H21N5O5S/c1-11-3-5-14-17(7-11)32-20-18(14)21(29)25(10-22-20)12(2)19(28)24-23-9-13-4-6-16(27)15(8-13)26(30)31/h4,6,8-12,27H,3,5,7H2,1-2H3,(H,24,28)/b23-9-/t11-,12+/m0/s1. The fraction of sp³-hybridized carbons (Fsp3) is 0.333. The lowest BCUT2D eigenvalue weighted by atomic mass is 9.89. The summed E-state index contributed by atoms with van der Waals surface area (Å²) < 4.78 is 1.30. The topological polar surface area (TPSA) is 140 Å². The fourth-order valence-electron chi connectivity index (χ4n) is 3.78. The second kappa shape index (κ2) is 8.50. The summed E-state index contributed by atoms with van der Waals surface area (Å²) in [4.78, 5) is 42.2. The number of aromatic hydroxyl groups is 1. The summed E-state index contributed by atoms with van der Waals surface area (Å²) in [5, 5.41) is 24.8. The second-order valence-corrected chi connectivity index (χ2v) is 8.99. The molecule has 11 heteroatoms. The Morgan fingerprint density at radius 2 is 2.28 bits per heavy atom. The molecule has 2 aromatic heterocycles. The fourth-order valence-corrected chi connectivity index (χ4v) is 5.12. The van der Waals surface area contributed by atoms with E-state index in [1.807, 2.05) is 0 Å². The van der Waals surface area contributed by atoms with Gasteiger partial charge < -0.3 is 5.11 Å². The van der Waals surface area contributed by atoms with Crippen molar-refractivity contribution in [2.24, 2.45) is 11.0 Å². The van der Waals surface area contributed by atoms with Crippen LogP contribution < -0.4 is 11.0 Å². The summed E-state index contributed by atoms with van der Waals surface area (Å²) in [6.07, 6.45) is 5.40. The number of nitrogens with one attached hydrogen (secondary N) is 1. The number of hydrogen-bond acceptors (Lipinski definition) is 8. The number of rotatable bonds is 5. The van der Waals surface area contributed by atoms with Crippen molar-refractivity contribution in [3.8, 4) is 5.75 Å². The highest BCUT2D eigenvalue weighted by Gasteiger charge is 2.25. The van der Waals surface area contributed by atoms with Gasteiger partial charge in [0.2, 0.25) is 0 Å². The molecule has 0 bridgehead atoms. The molecule has 166 valence electrons. The van der Waals surface area contributed by atoms with Crippen LogP contribution in [-0.4, -0.2) is 31.7 Å².